The Kier molecular flexibility index (Phi) is 11.4. The fraction of sp³-hybridized carbons (Fsp3) is 0.462. The van der Waals surface area contributed by atoms with Crippen LogP contribution in [0.4, 0.5) is 10.3 Å². The Morgan fingerprint density at radius 2 is 1.78 bits per heavy atom. The zero-order chi connectivity index (χ0) is 25.3. The summed E-state index contributed by atoms with van der Waals surface area (Å²) in [5.41, 5.74) is 3.04. The average molecular weight is 626 g/mol. The fourth-order valence-corrected chi connectivity index (χ4v) is 4.45. The summed E-state index contributed by atoms with van der Waals surface area (Å²) in [6.07, 6.45) is 1.65. The van der Waals surface area contributed by atoms with Gasteiger partial charge in [-0.3, -0.25) is 5.41 Å². The zero-order valence-electron chi connectivity index (χ0n) is 21.4. The van der Waals surface area contributed by atoms with Gasteiger partial charge in [0.05, 0.1) is 24.1 Å². The van der Waals surface area contributed by atoms with Crippen molar-refractivity contribution in [2.45, 2.75) is 31.7 Å². The molecule has 1 fully saturated rings. The Labute approximate surface area is 234 Å². The largest absolute Gasteiger partial charge is 0.355 e. The highest BCUT2D eigenvalue weighted by Gasteiger charge is 2.21. The van der Waals surface area contributed by atoms with Crippen LogP contribution in [0.3, 0.4) is 0 Å². The molecule has 0 amide bonds. The van der Waals surface area contributed by atoms with E-state index >= 15 is 0 Å². The van der Waals surface area contributed by atoms with Crippen molar-refractivity contribution in [3.8, 4) is 0 Å². The van der Waals surface area contributed by atoms with E-state index in [1.807, 2.05) is 30.3 Å². The highest BCUT2D eigenvalue weighted by atomic mass is 127. The number of ether oxygens (including phenoxy) is 2. The van der Waals surface area contributed by atoms with E-state index in [4.69, 9.17) is 19.9 Å². The van der Waals surface area contributed by atoms with Crippen LogP contribution in [0.2, 0.25) is 0 Å². The molecule has 9 nitrogen and oxygen atoms in total. The van der Waals surface area contributed by atoms with Crippen LogP contribution in [0, 0.1) is 11.2 Å². The Morgan fingerprint density at radius 3 is 2.49 bits per heavy atom. The van der Waals surface area contributed by atoms with E-state index in [1.54, 1.807) is 14.2 Å². The molecule has 1 aliphatic rings. The monoisotopic (exact) mass is 625 g/mol. The second kappa shape index (κ2) is 14.5. The summed E-state index contributed by atoms with van der Waals surface area (Å²) in [7, 11) is 3.15. The highest BCUT2D eigenvalue weighted by Crippen LogP contribution is 2.24. The molecule has 4 rings (SSSR count). The Bertz CT molecular complexity index is 1120. The Hall–Kier alpha value is -2.48. The van der Waals surface area contributed by atoms with Crippen LogP contribution in [-0.2, 0) is 16.0 Å². The van der Waals surface area contributed by atoms with Crippen molar-refractivity contribution >= 4 is 46.9 Å². The smallest absolute Gasteiger partial charge is 0.204 e. The summed E-state index contributed by atoms with van der Waals surface area (Å²) in [4.78, 5) is 7.27. The van der Waals surface area contributed by atoms with Gasteiger partial charge < -0.3 is 34.9 Å². The highest BCUT2D eigenvalue weighted by molar-refractivity contribution is 14.0. The number of piperidine rings is 1. The minimum Gasteiger partial charge on any atom is -0.355 e. The molecule has 2 aromatic carbocycles. The van der Waals surface area contributed by atoms with E-state index in [9.17, 15) is 4.39 Å². The minimum atomic E-state index is -0.373. The maximum Gasteiger partial charge on any atom is 0.204 e. The van der Waals surface area contributed by atoms with Gasteiger partial charge in [-0.1, -0.05) is 24.3 Å². The molecule has 4 N–H and O–H groups in total. The zero-order valence-corrected chi connectivity index (χ0v) is 23.7. The summed E-state index contributed by atoms with van der Waals surface area (Å²) in [5.74, 6) is 0.893. The fourth-order valence-electron chi connectivity index (χ4n) is 4.45. The summed E-state index contributed by atoms with van der Waals surface area (Å²) >= 11 is 0. The predicted molar refractivity (Wildman–Crippen MR) is 155 cm³/mol. The van der Waals surface area contributed by atoms with Gasteiger partial charge in [0.2, 0.25) is 5.95 Å². The number of imidazole rings is 1. The molecule has 3 aromatic rings. The molecule has 0 radical (unpaired) electrons. The number of rotatable bonds is 11. The summed E-state index contributed by atoms with van der Waals surface area (Å²) in [5, 5.41) is 17.7. The first-order valence-electron chi connectivity index (χ1n) is 12.4. The molecular weight excluding hydrogens is 588 g/mol. The first-order valence-corrected chi connectivity index (χ1v) is 12.4. The number of aromatic nitrogens is 2. The Morgan fingerprint density at radius 1 is 1.08 bits per heavy atom. The number of hydrogen-bond acceptors (Lipinski definition) is 6. The standard InChI is InChI=1S/C26H36FN7O2.HI/c1-35-24(36-2)17-30-25(28)29-13-16-33-14-11-21(12-15-33)31-26-32-22-5-3-4-6-23(22)34(26)18-19-7-9-20(27)10-8-19;/h3-10,21,24H,11-18H2,1-2H3,(H,31,32)(H3,28,29,30);1H. The van der Waals surface area contributed by atoms with Crippen molar-refractivity contribution in [3.63, 3.8) is 0 Å². The van der Waals surface area contributed by atoms with Gasteiger partial charge >= 0.3 is 0 Å². The topological polar surface area (TPSA) is 99.5 Å². The first kappa shape index (κ1) is 29.1. The summed E-state index contributed by atoms with van der Waals surface area (Å²) in [6.45, 7) is 4.58. The van der Waals surface area contributed by atoms with Crippen molar-refractivity contribution in [1.82, 2.24) is 25.1 Å². The number of nitrogens with zero attached hydrogens (tertiary/aromatic N) is 3. The number of benzene rings is 2. The number of para-hydroxylation sites is 2. The van der Waals surface area contributed by atoms with Crippen molar-refractivity contribution < 1.29 is 13.9 Å². The molecule has 0 bridgehead atoms. The maximum absolute atomic E-state index is 13.4. The third kappa shape index (κ3) is 8.25. The van der Waals surface area contributed by atoms with E-state index in [-0.39, 0.29) is 42.0 Å². The second-order valence-electron chi connectivity index (χ2n) is 8.98. The van der Waals surface area contributed by atoms with E-state index < -0.39 is 0 Å². The molecular formula is C26H37FIN7O2. The lowest BCUT2D eigenvalue weighted by atomic mass is 10.1. The molecule has 0 atom stereocenters. The van der Waals surface area contributed by atoms with E-state index in [0.29, 0.717) is 25.7 Å². The number of halogens is 2. The van der Waals surface area contributed by atoms with Gasteiger partial charge in [-0.25, -0.2) is 9.37 Å². The molecule has 0 unspecified atom stereocenters. The van der Waals surface area contributed by atoms with Crippen LogP contribution < -0.4 is 16.0 Å². The van der Waals surface area contributed by atoms with Crippen molar-refractivity contribution in [2.75, 3.05) is 52.3 Å². The summed E-state index contributed by atoms with van der Waals surface area (Å²) < 4.78 is 25.8. The van der Waals surface area contributed by atoms with Crippen LogP contribution in [0.15, 0.2) is 48.5 Å². The van der Waals surface area contributed by atoms with Gasteiger partial charge in [-0.05, 0) is 42.7 Å². The number of guanidine groups is 1. The molecule has 0 saturated carbocycles. The third-order valence-electron chi connectivity index (χ3n) is 6.53. The Balaban J connectivity index is 0.00000380. The number of hydrogen-bond donors (Lipinski definition) is 4. The molecule has 1 saturated heterocycles. The maximum atomic E-state index is 13.4. The van der Waals surface area contributed by atoms with Crippen LogP contribution in [0.5, 0.6) is 0 Å². The van der Waals surface area contributed by atoms with Crippen molar-refractivity contribution in [3.05, 3.63) is 59.9 Å². The molecule has 1 aromatic heterocycles. The van der Waals surface area contributed by atoms with Crippen LogP contribution in [-0.4, -0.2) is 79.7 Å². The average Bonchev–Trinajstić information content (AvgIpc) is 3.23. The van der Waals surface area contributed by atoms with E-state index in [0.717, 1.165) is 55.0 Å². The predicted octanol–water partition coefficient (Wildman–Crippen LogP) is 3.45. The minimum absolute atomic E-state index is 0. The first-order chi connectivity index (χ1) is 17.6. The number of methoxy groups -OCH3 is 2. The molecule has 37 heavy (non-hydrogen) atoms. The molecule has 1 aliphatic heterocycles. The molecule has 0 spiro atoms. The lowest BCUT2D eigenvalue weighted by Crippen LogP contribution is -2.46. The van der Waals surface area contributed by atoms with Gasteiger partial charge in [-0.2, -0.15) is 0 Å². The number of likely N-dealkylation sites (tertiary alicyclic amines) is 1. The van der Waals surface area contributed by atoms with Crippen LogP contribution >= 0.6 is 24.0 Å². The SMILES string of the molecule is COC(CNC(=N)NCCN1CCC(Nc2nc3ccccc3n2Cc2ccc(F)cc2)CC1)OC.I. The van der Waals surface area contributed by atoms with Gasteiger partial charge in [0.25, 0.3) is 0 Å². The van der Waals surface area contributed by atoms with Crippen LogP contribution in [0.25, 0.3) is 11.0 Å². The second-order valence-corrected chi connectivity index (χ2v) is 8.98. The van der Waals surface area contributed by atoms with Gasteiger partial charge in [0, 0.05) is 46.4 Å². The molecule has 11 heteroatoms. The lowest BCUT2D eigenvalue weighted by Gasteiger charge is -2.32. The van der Waals surface area contributed by atoms with Crippen molar-refractivity contribution in [1.29, 1.82) is 5.41 Å². The third-order valence-corrected chi connectivity index (χ3v) is 6.53. The quantitative estimate of drug-likeness (QED) is 0.112. The number of anilines is 1. The molecule has 202 valence electrons. The van der Waals surface area contributed by atoms with Crippen molar-refractivity contribution in [2.24, 2.45) is 0 Å². The number of fused-ring (bicyclic) bond motifs is 1. The number of nitrogens with one attached hydrogen (secondary N) is 4. The van der Waals surface area contributed by atoms with Gasteiger partial charge in [0.15, 0.2) is 12.2 Å². The molecule has 2 heterocycles. The van der Waals surface area contributed by atoms with E-state index in [1.165, 1.54) is 12.1 Å². The normalized spacial score (nSPS) is 14.5. The van der Waals surface area contributed by atoms with Crippen LogP contribution in [0.1, 0.15) is 18.4 Å². The summed E-state index contributed by atoms with van der Waals surface area (Å²) in [6, 6.07) is 15.1. The van der Waals surface area contributed by atoms with E-state index in [2.05, 4.69) is 31.5 Å². The van der Waals surface area contributed by atoms with Gasteiger partial charge in [0.1, 0.15) is 5.82 Å². The van der Waals surface area contributed by atoms with Gasteiger partial charge in [-0.15, -0.1) is 24.0 Å². The molecule has 0 aliphatic carbocycles. The lowest BCUT2D eigenvalue weighted by molar-refractivity contribution is -0.0966.